The highest BCUT2D eigenvalue weighted by Gasteiger charge is 2.20. The standard InChI is InChI=1S/C18H19BrN6O4S/c1-24(2)30(27,28)14-8-9-16(29-3)15(10-14)20-17(26)11-25-22-18(21-23-25)12-4-6-13(19)7-5-12/h4-10H,11H2,1-3H3,(H,20,26). The van der Waals surface area contributed by atoms with Crippen molar-refractivity contribution in [3.05, 3.63) is 46.9 Å². The first-order chi connectivity index (χ1) is 14.2. The van der Waals surface area contributed by atoms with E-state index in [1.165, 1.54) is 39.4 Å². The van der Waals surface area contributed by atoms with Crippen LogP contribution in [0.2, 0.25) is 0 Å². The Bertz CT molecular complexity index is 1160. The van der Waals surface area contributed by atoms with E-state index < -0.39 is 15.9 Å². The molecule has 1 aromatic heterocycles. The summed E-state index contributed by atoms with van der Waals surface area (Å²) >= 11 is 3.36. The molecular formula is C18H19BrN6O4S. The van der Waals surface area contributed by atoms with Crippen LogP contribution in [0.4, 0.5) is 5.69 Å². The Morgan fingerprint density at radius 1 is 1.20 bits per heavy atom. The number of hydrogen-bond donors (Lipinski definition) is 1. The molecule has 0 atom stereocenters. The fourth-order valence-electron chi connectivity index (χ4n) is 2.50. The molecule has 0 bridgehead atoms. The summed E-state index contributed by atoms with van der Waals surface area (Å²) in [5, 5.41) is 14.7. The molecule has 0 saturated carbocycles. The molecule has 0 aliphatic carbocycles. The smallest absolute Gasteiger partial charge is 0.248 e. The average molecular weight is 495 g/mol. The van der Waals surface area contributed by atoms with Gasteiger partial charge < -0.3 is 10.1 Å². The predicted octanol–water partition coefficient (Wildman–Crippen LogP) is 2.00. The Hall–Kier alpha value is -2.83. The summed E-state index contributed by atoms with van der Waals surface area (Å²) in [7, 11) is 0.615. The van der Waals surface area contributed by atoms with Gasteiger partial charge in [0.25, 0.3) is 0 Å². The second kappa shape index (κ2) is 8.90. The molecule has 12 heteroatoms. The van der Waals surface area contributed by atoms with Crippen molar-refractivity contribution < 1.29 is 17.9 Å². The minimum Gasteiger partial charge on any atom is -0.495 e. The van der Waals surface area contributed by atoms with Gasteiger partial charge in [0, 0.05) is 24.1 Å². The van der Waals surface area contributed by atoms with Crippen LogP contribution in [0.1, 0.15) is 0 Å². The minimum absolute atomic E-state index is 0.0278. The van der Waals surface area contributed by atoms with Crippen molar-refractivity contribution in [3.8, 4) is 17.1 Å². The highest BCUT2D eigenvalue weighted by atomic mass is 79.9. The molecule has 3 aromatic rings. The summed E-state index contributed by atoms with van der Waals surface area (Å²) in [5.41, 5.74) is 0.979. The summed E-state index contributed by atoms with van der Waals surface area (Å²) < 4.78 is 31.9. The van der Waals surface area contributed by atoms with E-state index in [4.69, 9.17) is 4.74 Å². The van der Waals surface area contributed by atoms with Crippen LogP contribution in [0.5, 0.6) is 5.75 Å². The number of benzene rings is 2. The minimum atomic E-state index is -3.67. The third kappa shape index (κ3) is 4.83. The maximum atomic E-state index is 12.5. The molecule has 158 valence electrons. The summed E-state index contributed by atoms with van der Waals surface area (Å²) in [5.74, 6) is 0.238. The molecule has 1 amide bonds. The SMILES string of the molecule is COc1ccc(S(=O)(=O)N(C)C)cc1NC(=O)Cn1nnc(-c2ccc(Br)cc2)n1. The number of methoxy groups -OCH3 is 1. The lowest BCUT2D eigenvalue weighted by atomic mass is 10.2. The number of carbonyl (C=O) groups is 1. The molecule has 1 heterocycles. The van der Waals surface area contributed by atoms with Crippen molar-refractivity contribution in [1.82, 2.24) is 24.5 Å². The summed E-state index contributed by atoms with van der Waals surface area (Å²) in [6.45, 7) is -0.211. The van der Waals surface area contributed by atoms with Gasteiger partial charge in [0.05, 0.1) is 17.7 Å². The molecule has 0 unspecified atom stereocenters. The summed E-state index contributed by atoms with van der Waals surface area (Å²) in [6, 6.07) is 11.6. The number of ether oxygens (including phenoxy) is 1. The normalized spacial score (nSPS) is 11.5. The number of tetrazole rings is 1. The average Bonchev–Trinajstić information content (AvgIpc) is 3.16. The molecule has 0 aliphatic heterocycles. The van der Waals surface area contributed by atoms with E-state index >= 15 is 0 Å². The number of rotatable bonds is 7. The molecule has 2 aromatic carbocycles. The quantitative estimate of drug-likeness (QED) is 0.533. The summed E-state index contributed by atoms with van der Waals surface area (Å²) in [4.78, 5) is 13.7. The van der Waals surface area contributed by atoms with E-state index in [-0.39, 0.29) is 17.1 Å². The predicted molar refractivity (Wildman–Crippen MR) is 113 cm³/mol. The van der Waals surface area contributed by atoms with E-state index in [2.05, 4.69) is 36.7 Å². The number of aromatic nitrogens is 4. The fourth-order valence-corrected chi connectivity index (χ4v) is 3.69. The van der Waals surface area contributed by atoms with Gasteiger partial charge in [0.15, 0.2) is 0 Å². The van der Waals surface area contributed by atoms with Crippen molar-refractivity contribution in [2.45, 2.75) is 11.4 Å². The second-order valence-electron chi connectivity index (χ2n) is 6.35. The molecule has 0 aliphatic rings. The Kier molecular flexibility index (Phi) is 6.48. The van der Waals surface area contributed by atoms with E-state index in [0.717, 1.165) is 19.1 Å². The molecule has 10 nitrogen and oxygen atoms in total. The van der Waals surface area contributed by atoms with E-state index in [0.29, 0.717) is 11.6 Å². The Balaban J connectivity index is 1.77. The third-order valence-corrected chi connectivity index (χ3v) is 6.40. The number of nitrogens with zero attached hydrogens (tertiary/aromatic N) is 5. The first-order valence-corrected chi connectivity index (χ1v) is 10.9. The highest BCUT2D eigenvalue weighted by Crippen LogP contribution is 2.28. The summed E-state index contributed by atoms with van der Waals surface area (Å²) in [6.07, 6.45) is 0. The van der Waals surface area contributed by atoms with Crippen LogP contribution in [0.25, 0.3) is 11.4 Å². The van der Waals surface area contributed by atoms with Gasteiger partial charge in [-0.25, -0.2) is 12.7 Å². The lowest BCUT2D eigenvalue weighted by Crippen LogP contribution is -2.23. The molecule has 0 saturated heterocycles. The number of amides is 1. The van der Waals surface area contributed by atoms with Gasteiger partial charge >= 0.3 is 0 Å². The number of carbonyl (C=O) groups excluding carboxylic acids is 1. The Morgan fingerprint density at radius 3 is 2.53 bits per heavy atom. The van der Waals surface area contributed by atoms with Crippen molar-refractivity contribution in [1.29, 1.82) is 0 Å². The van der Waals surface area contributed by atoms with Gasteiger partial charge in [-0.1, -0.05) is 15.9 Å². The number of nitrogens with one attached hydrogen (secondary N) is 1. The molecule has 0 fully saturated rings. The maximum Gasteiger partial charge on any atom is 0.248 e. The number of hydrogen-bond acceptors (Lipinski definition) is 7. The zero-order valence-electron chi connectivity index (χ0n) is 16.4. The van der Waals surface area contributed by atoms with Crippen LogP contribution in [0, 0.1) is 0 Å². The van der Waals surface area contributed by atoms with Gasteiger partial charge in [-0.3, -0.25) is 4.79 Å². The van der Waals surface area contributed by atoms with Crippen LogP contribution < -0.4 is 10.1 Å². The van der Waals surface area contributed by atoms with Gasteiger partial charge in [-0.2, -0.15) is 4.80 Å². The highest BCUT2D eigenvalue weighted by molar-refractivity contribution is 9.10. The third-order valence-electron chi connectivity index (χ3n) is 4.06. The van der Waals surface area contributed by atoms with Crippen molar-refractivity contribution in [2.75, 3.05) is 26.5 Å². The van der Waals surface area contributed by atoms with E-state index in [1.807, 2.05) is 24.3 Å². The Morgan fingerprint density at radius 2 is 1.90 bits per heavy atom. The molecule has 30 heavy (non-hydrogen) atoms. The van der Waals surface area contributed by atoms with Crippen molar-refractivity contribution in [3.63, 3.8) is 0 Å². The molecular weight excluding hydrogens is 476 g/mol. The van der Waals surface area contributed by atoms with Crippen LogP contribution in [0.3, 0.4) is 0 Å². The van der Waals surface area contributed by atoms with E-state index in [1.54, 1.807) is 0 Å². The monoisotopic (exact) mass is 494 g/mol. The Labute approximate surface area is 182 Å². The van der Waals surface area contributed by atoms with Crippen LogP contribution in [0.15, 0.2) is 51.8 Å². The molecule has 3 rings (SSSR count). The van der Waals surface area contributed by atoms with Gasteiger partial charge in [0.1, 0.15) is 12.3 Å². The zero-order chi connectivity index (χ0) is 21.9. The number of halogens is 1. The molecule has 1 N–H and O–H groups in total. The number of anilines is 1. The van der Waals surface area contributed by atoms with Crippen LogP contribution >= 0.6 is 15.9 Å². The largest absolute Gasteiger partial charge is 0.495 e. The fraction of sp³-hybridized carbons (Fsp3) is 0.222. The van der Waals surface area contributed by atoms with Gasteiger partial charge in [0.2, 0.25) is 21.8 Å². The molecule has 0 radical (unpaired) electrons. The van der Waals surface area contributed by atoms with Gasteiger partial charge in [-0.15, -0.1) is 10.2 Å². The topological polar surface area (TPSA) is 119 Å². The lowest BCUT2D eigenvalue weighted by molar-refractivity contribution is -0.117. The first kappa shape index (κ1) is 21.9. The van der Waals surface area contributed by atoms with Crippen molar-refractivity contribution in [2.24, 2.45) is 0 Å². The van der Waals surface area contributed by atoms with E-state index in [9.17, 15) is 13.2 Å². The van der Waals surface area contributed by atoms with Crippen molar-refractivity contribution >= 4 is 37.5 Å². The lowest BCUT2D eigenvalue weighted by Gasteiger charge is -2.15. The van der Waals surface area contributed by atoms with Crippen LogP contribution in [-0.4, -0.2) is 60.0 Å². The number of sulfonamides is 1. The zero-order valence-corrected chi connectivity index (χ0v) is 18.8. The first-order valence-electron chi connectivity index (χ1n) is 8.65. The maximum absolute atomic E-state index is 12.5. The van der Waals surface area contributed by atoms with Gasteiger partial charge in [-0.05, 0) is 47.7 Å². The second-order valence-corrected chi connectivity index (χ2v) is 9.42. The van der Waals surface area contributed by atoms with Crippen LogP contribution in [-0.2, 0) is 21.4 Å². The molecule has 0 spiro atoms.